The maximum absolute atomic E-state index is 12.6. The minimum absolute atomic E-state index is 0.00723. The quantitative estimate of drug-likeness (QED) is 0.433. The van der Waals surface area contributed by atoms with E-state index in [1.807, 2.05) is 0 Å². The van der Waals surface area contributed by atoms with E-state index in [0.717, 1.165) is 45.2 Å². The van der Waals surface area contributed by atoms with Crippen LogP contribution in [0, 0.1) is 0 Å². The summed E-state index contributed by atoms with van der Waals surface area (Å²) in [6, 6.07) is 3.09. The Labute approximate surface area is 187 Å². The van der Waals surface area contributed by atoms with Gasteiger partial charge in [-0.1, -0.05) is 32.6 Å². The van der Waals surface area contributed by atoms with Crippen molar-refractivity contribution in [2.45, 2.75) is 70.4 Å². The first kappa shape index (κ1) is 25.3. The van der Waals surface area contributed by atoms with E-state index in [1.165, 1.54) is 12.8 Å². The molecular formula is C24H40N2O5. The summed E-state index contributed by atoms with van der Waals surface area (Å²) in [6.45, 7) is 4.77. The van der Waals surface area contributed by atoms with Crippen LogP contribution in [-0.4, -0.2) is 62.9 Å². The molecule has 1 aromatic rings. The zero-order valence-electron chi connectivity index (χ0n) is 19.6. The van der Waals surface area contributed by atoms with Gasteiger partial charge in [0.25, 0.3) is 0 Å². The van der Waals surface area contributed by atoms with Crippen molar-refractivity contribution in [2.75, 3.05) is 41.0 Å². The van der Waals surface area contributed by atoms with Crippen LogP contribution in [0.4, 0.5) is 0 Å². The molecular weight excluding hydrogens is 396 g/mol. The Kier molecular flexibility index (Phi) is 10.9. The summed E-state index contributed by atoms with van der Waals surface area (Å²) in [5, 5.41) is 14.3. The lowest BCUT2D eigenvalue weighted by Crippen LogP contribution is -2.46. The van der Waals surface area contributed by atoms with Gasteiger partial charge in [-0.15, -0.1) is 0 Å². The lowest BCUT2D eigenvalue weighted by atomic mass is 10.00. The van der Waals surface area contributed by atoms with Crippen LogP contribution in [-0.2, 0) is 4.79 Å². The average molecular weight is 437 g/mol. The number of amides is 1. The number of likely N-dealkylation sites (tertiary alicyclic amines) is 1. The molecule has 2 N–H and O–H groups in total. The fraction of sp³-hybridized carbons (Fsp3) is 0.708. The number of aliphatic hydroxyl groups is 1. The molecule has 1 aromatic carbocycles. The topological polar surface area (TPSA) is 80.3 Å². The number of unbranched alkanes of at least 4 members (excludes halogenated alkanes) is 4. The van der Waals surface area contributed by atoms with Gasteiger partial charge in [0.1, 0.15) is 6.10 Å². The van der Waals surface area contributed by atoms with Gasteiger partial charge in [0.15, 0.2) is 11.5 Å². The highest BCUT2D eigenvalue weighted by Gasteiger charge is 2.28. The van der Waals surface area contributed by atoms with E-state index in [0.29, 0.717) is 35.8 Å². The smallest absolute Gasteiger partial charge is 0.220 e. The predicted octanol–water partition coefficient (Wildman–Crippen LogP) is 3.69. The van der Waals surface area contributed by atoms with E-state index in [4.69, 9.17) is 14.2 Å². The van der Waals surface area contributed by atoms with Crippen LogP contribution in [0.3, 0.4) is 0 Å². The van der Waals surface area contributed by atoms with Crippen LogP contribution >= 0.6 is 0 Å². The van der Waals surface area contributed by atoms with Crippen molar-refractivity contribution in [1.29, 1.82) is 0 Å². The lowest BCUT2D eigenvalue weighted by Gasteiger charge is -2.29. The van der Waals surface area contributed by atoms with E-state index >= 15 is 0 Å². The molecule has 1 heterocycles. The normalized spacial score (nSPS) is 16.0. The highest BCUT2D eigenvalue weighted by Crippen LogP contribution is 2.40. The van der Waals surface area contributed by atoms with E-state index in [1.54, 1.807) is 33.5 Å². The first-order chi connectivity index (χ1) is 15.0. The van der Waals surface area contributed by atoms with Gasteiger partial charge in [-0.2, -0.15) is 0 Å². The fourth-order valence-electron chi connectivity index (χ4n) is 4.14. The van der Waals surface area contributed by atoms with Crippen molar-refractivity contribution >= 4 is 5.91 Å². The molecule has 2 atom stereocenters. The summed E-state index contributed by atoms with van der Waals surface area (Å²) < 4.78 is 16.3. The molecule has 31 heavy (non-hydrogen) atoms. The van der Waals surface area contributed by atoms with Crippen molar-refractivity contribution in [3.63, 3.8) is 0 Å². The van der Waals surface area contributed by atoms with Gasteiger partial charge in [0.05, 0.1) is 27.4 Å². The Hall–Kier alpha value is -1.99. The number of ether oxygens (including phenoxy) is 3. The van der Waals surface area contributed by atoms with Crippen LogP contribution in [0.5, 0.6) is 17.2 Å². The number of benzene rings is 1. The number of hydrogen-bond acceptors (Lipinski definition) is 6. The predicted molar refractivity (Wildman–Crippen MR) is 122 cm³/mol. The number of carbonyl (C=O) groups is 1. The number of methoxy groups -OCH3 is 3. The number of carbonyl (C=O) groups excluding carboxylic acids is 1. The zero-order chi connectivity index (χ0) is 22.6. The van der Waals surface area contributed by atoms with Gasteiger partial charge >= 0.3 is 0 Å². The summed E-state index contributed by atoms with van der Waals surface area (Å²) in [6.07, 6.45) is 7.40. The van der Waals surface area contributed by atoms with E-state index < -0.39 is 12.1 Å². The second kappa shape index (κ2) is 13.4. The number of hydrogen-bond donors (Lipinski definition) is 2. The minimum atomic E-state index is -0.890. The first-order valence-corrected chi connectivity index (χ1v) is 11.5. The molecule has 2 unspecified atom stereocenters. The molecule has 1 saturated heterocycles. The largest absolute Gasteiger partial charge is 0.493 e. The van der Waals surface area contributed by atoms with Gasteiger partial charge in [-0.3, -0.25) is 4.79 Å². The SMILES string of the molecule is CCCCCCCC(=O)NC(CN1CCCC1)C(O)c1cc(OC)c(OC)c(OC)c1. The van der Waals surface area contributed by atoms with Crippen molar-refractivity contribution in [1.82, 2.24) is 10.2 Å². The van der Waals surface area contributed by atoms with Gasteiger partial charge < -0.3 is 29.5 Å². The van der Waals surface area contributed by atoms with Crippen molar-refractivity contribution in [2.24, 2.45) is 0 Å². The van der Waals surface area contributed by atoms with Crippen molar-refractivity contribution in [3.8, 4) is 17.2 Å². The Balaban J connectivity index is 2.13. The third-order valence-corrected chi connectivity index (χ3v) is 5.92. The Morgan fingerprint density at radius 3 is 2.19 bits per heavy atom. The number of rotatable bonds is 14. The molecule has 0 aromatic heterocycles. The van der Waals surface area contributed by atoms with E-state index in [9.17, 15) is 9.90 Å². The number of nitrogens with zero attached hydrogens (tertiary/aromatic N) is 1. The van der Waals surface area contributed by atoms with Gasteiger partial charge in [0, 0.05) is 13.0 Å². The zero-order valence-corrected chi connectivity index (χ0v) is 19.6. The van der Waals surface area contributed by atoms with Gasteiger partial charge in [-0.05, 0) is 50.0 Å². The molecule has 1 aliphatic heterocycles. The second-order valence-corrected chi connectivity index (χ2v) is 8.25. The highest BCUT2D eigenvalue weighted by molar-refractivity contribution is 5.76. The minimum Gasteiger partial charge on any atom is -0.493 e. The van der Waals surface area contributed by atoms with Crippen LogP contribution in [0.2, 0.25) is 0 Å². The number of aliphatic hydroxyl groups excluding tert-OH is 1. The Morgan fingerprint density at radius 2 is 1.65 bits per heavy atom. The third-order valence-electron chi connectivity index (χ3n) is 5.92. The monoisotopic (exact) mass is 436 g/mol. The van der Waals surface area contributed by atoms with Crippen LogP contribution in [0.25, 0.3) is 0 Å². The molecule has 0 bridgehead atoms. The van der Waals surface area contributed by atoms with Crippen molar-refractivity contribution < 1.29 is 24.1 Å². The Bertz CT molecular complexity index is 651. The number of nitrogens with one attached hydrogen (secondary N) is 1. The molecule has 1 amide bonds. The van der Waals surface area contributed by atoms with Crippen LogP contribution < -0.4 is 19.5 Å². The summed E-state index contributed by atoms with van der Waals surface area (Å²) in [7, 11) is 4.65. The molecule has 2 rings (SSSR count). The molecule has 0 radical (unpaired) electrons. The molecule has 0 saturated carbocycles. The van der Waals surface area contributed by atoms with Crippen LogP contribution in [0.1, 0.15) is 70.0 Å². The second-order valence-electron chi connectivity index (χ2n) is 8.25. The standard InChI is InChI=1S/C24H40N2O5/c1-5-6-7-8-9-12-22(27)25-19(17-26-13-10-11-14-26)23(28)18-15-20(29-2)24(31-4)21(16-18)30-3/h15-16,19,23,28H,5-14,17H2,1-4H3,(H,25,27). The first-order valence-electron chi connectivity index (χ1n) is 11.5. The molecule has 0 spiro atoms. The summed E-state index contributed by atoms with van der Waals surface area (Å²) in [4.78, 5) is 14.9. The molecule has 1 fully saturated rings. The molecule has 7 nitrogen and oxygen atoms in total. The van der Waals surface area contributed by atoms with E-state index in [-0.39, 0.29) is 5.91 Å². The maximum atomic E-state index is 12.6. The van der Waals surface area contributed by atoms with Crippen molar-refractivity contribution in [3.05, 3.63) is 17.7 Å². The highest BCUT2D eigenvalue weighted by atomic mass is 16.5. The molecule has 1 aliphatic rings. The van der Waals surface area contributed by atoms with Gasteiger partial charge in [0.2, 0.25) is 11.7 Å². The average Bonchev–Trinajstić information content (AvgIpc) is 3.30. The third kappa shape index (κ3) is 7.58. The lowest BCUT2D eigenvalue weighted by molar-refractivity contribution is -0.123. The maximum Gasteiger partial charge on any atom is 0.220 e. The Morgan fingerprint density at radius 1 is 1.03 bits per heavy atom. The molecule has 176 valence electrons. The fourth-order valence-corrected chi connectivity index (χ4v) is 4.14. The van der Waals surface area contributed by atoms with E-state index in [2.05, 4.69) is 17.1 Å². The molecule has 0 aliphatic carbocycles. The summed E-state index contributed by atoms with van der Waals surface area (Å²) in [5.74, 6) is 1.44. The summed E-state index contributed by atoms with van der Waals surface area (Å²) >= 11 is 0. The van der Waals surface area contributed by atoms with Crippen LogP contribution in [0.15, 0.2) is 12.1 Å². The molecule has 7 heteroatoms. The summed E-state index contributed by atoms with van der Waals surface area (Å²) in [5.41, 5.74) is 0.627. The van der Waals surface area contributed by atoms with Gasteiger partial charge in [-0.25, -0.2) is 0 Å².